The van der Waals surface area contributed by atoms with Gasteiger partial charge in [0.2, 0.25) is 0 Å². The lowest BCUT2D eigenvalue weighted by atomic mass is 10.2. The molecule has 0 aromatic carbocycles. The number of amides is 1. The van der Waals surface area contributed by atoms with Crippen molar-refractivity contribution in [2.45, 2.75) is 6.42 Å². The van der Waals surface area contributed by atoms with Crippen molar-refractivity contribution in [3.05, 3.63) is 34.0 Å². The summed E-state index contributed by atoms with van der Waals surface area (Å²) in [6, 6.07) is 3.58. The van der Waals surface area contributed by atoms with Gasteiger partial charge in [0.25, 0.3) is 11.0 Å². The molecule has 0 unspecified atom stereocenters. The van der Waals surface area contributed by atoms with Crippen LogP contribution in [0.25, 0.3) is 0 Å². The average Bonchev–Trinajstić information content (AvgIpc) is 2.55. The van der Waals surface area contributed by atoms with Crippen LogP contribution in [-0.4, -0.2) is 67.3 Å². The average molecular weight is 396 g/mol. The summed E-state index contributed by atoms with van der Waals surface area (Å²) in [6.07, 6.45) is 1.93. The first-order valence-corrected chi connectivity index (χ1v) is 7.51. The summed E-state index contributed by atoms with van der Waals surface area (Å²) in [5.74, 6) is 0.623. The molecule has 1 aromatic rings. The van der Waals surface area contributed by atoms with Crippen molar-refractivity contribution in [2.24, 2.45) is 0 Å². The zero-order valence-electron chi connectivity index (χ0n) is 13.9. The van der Waals surface area contributed by atoms with Crippen LogP contribution in [0.15, 0.2) is 18.3 Å². The predicted molar refractivity (Wildman–Crippen MR) is 98.3 cm³/mol. The third kappa shape index (κ3) is 7.72. The number of anilines is 1. The molecule has 0 saturated carbocycles. The van der Waals surface area contributed by atoms with Crippen molar-refractivity contribution in [1.82, 2.24) is 15.2 Å². The molecule has 2 heterocycles. The zero-order chi connectivity index (χ0) is 16.7. The van der Waals surface area contributed by atoms with E-state index in [1.165, 1.54) is 0 Å². The van der Waals surface area contributed by atoms with E-state index in [1.807, 2.05) is 6.07 Å². The topological polar surface area (TPSA) is 101 Å². The fourth-order valence-electron chi connectivity index (χ4n) is 2.26. The number of nitrogens with one attached hydrogen (secondary N) is 1. The minimum absolute atomic E-state index is 0. The van der Waals surface area contributed by atoms with E-state index in [0.717, 1.165) is 32.0 Å². The minimum Gasteiger partial charge on any atom is -0.354 e. The van der Waals surface area contributed by atoms with E-state index in [1.54, 1.807) is 12.3 Å². The van der Waals surface area contributed by atoms with Gasteiger partial charge in [0.1, 0.15) is 5.82 Å². The summed E-state index contributed by atoms with van der Waals surface area (Å²) < 4.78 is 0. The Morgan fingerprint density at radius 2 is 2.00 bits per heavy atom. The summed E-state index contributed by atoms with van der Waals surface area (Å²) >= 11 is 0. The Kier molecular flexibility index (Phi) is 10.8. The van der Waals surface area contributed by atoms with E-state index in [4.69, 9.17) is 0 Å². The predicted octanol–water partition coefficient (Wildman–Crippen LogP) is 1.01. The molecular formula is C14H23Cl2N5O4. The molecule has 0 bridgehead atoms. The second-order valence-electron chi connectivity index (χ2n) is 5.36. The van der Waals surface area contributed by atoms with Crippen molar-refractivity contribution in [1.29, 1.82) is 0 Å². The van der Waals surface area contributed by atoms with Crippen molar-refractivity contribution < 1.29 is 14.7 Å². The van der Waals surface area contributed by atoms with Gasteiger partial charge in [0.05, 0.1) is 12.2 Å². The van der Waals surface area contributed by atoms with Gasteiger partial charge in [-0.05, 0) is 25.6 Å². The Bertz CT molecular complexity index is 539. The van der Waals surface area contributed by atoms with Crippen LogP contribution in [0.5, 0.6) is 0 Å². The second kappa shape index (κ2) is 11.7. The summed E-state index contributed by atoms with van der Waals surface area (Å²) in [5, 5.41) is 11.8. The molecule has 1 aromatic heterocycles. The van der Waals surface area contributed by atoms with Gasteiger partial charge >= 0.3 is 0 Å². The number of likely N-dealkylation sites (N-methyl/N-ethyl adjacent to an activating group) is 1. The van der Waals surface area contributed by atoms with E-state index >= 15 is 0 Å². The smallest absolute Gasteiger partial charge is 0.294 e. The number of rotatable bonds is 7. The maximum Gasteiger partial charge on any atom is 0.294 e. The quantitative estimate of drug-likeness (QED) is 0.417. The van der Waals surface area contributed by atoms with Gasteiger partial charge < -0.3 is 20.0 Å². The Balaban J connectivity index is 0.00000288. The fourth-order valence-corrected chi connectivity index (χ4v) is 2.26. The lowest BCUT2D eigenvalue weighted by Crippen LogP contribution is -2.44. The Hall–Kier alpha value is -1.84. The fraction of sp³-hybridized carbons (Fsp3) is 0.571. The first-order valence-electron chi connectivity index (χ1n) is 7.51. The number of carbonyl (C=O) groups excluding carboxylic acids is 1. The van der Waals surface area contributed by atoms with Gasteiger partial charge in [-0.25, -0.2) is 4.98 Å². The number of pyridine rings is 1. The van der Waals surface area contributed by atoms with Gasteiger partial charge in [0.15, 0.2) is 0 Å². The largest absolute Gasteiger partial charge is 0.354 e. The second-order valence-corrected chi connectivity index (χ2v) is 5.36. The highest BCUT2D eigenvalue weighted by atomic mass is 35.5. The summed E-state index contributed by atoms with van der Waals surface area (Å²) in [7, 11) is 2.09. The molecule has 0 spiro atoms. The normalized spacial score (nSPS) is 14.0. The van der Waals surface area contributed by atoms with E-state index in [-0.39, 0.29) is 37.3 Å². The van der Waals surface area contributed by atoms with E-state index < -0.39 is 5.09 Å². The number of piperazine rings is 1. The van der Waals surface area contributed by atoms with Gasteiger partial charge in [-0.15, -0.1) is 34.9 Å². The summed E-state index contributed by atoms with van der Waals surface area (Å²) in [6.45, 7) is 4.12. The standard InChI is InChI=1S/C14H21N5O4.2ClH/c1-17-6-8-18(9-7-17)13-4-3-12(11-16-13)14(20)15-5-2-10-23-19(21)22;;/h3-4,11H,2,5-10H2,1H3,(H,15,20);2*1H. The maximum atomic E-state index is 11.9. The number of hydrogen-bond donors (Lipinski definition) is 1. The van der Waals surface area contributed by atoms with E-state index in [2.05, 4.69) is 32.0 Å². The van der Waals surface area contributed by atoms with Crippen LogP contribution >= 0.6 is 24.8 Å². The Morgan fingerprint density at radius 3 is 2.56 bits per heavy atom. The third-order valence-electron chi connectivity index (χ3n) is 3.64. The van der Waals surface area contributed by atoms with Crippen molar-refractivity contribution in [3.63, 3.8) is 0 Å². The minimum atomic E-state index is -0.844. The van der Waals surface area contributed by atoms with Crippen molar-refractivity contribution in [3.8, 4) is 0 Å². The Labute approximate surface area is 158 Å². The molecular weight excluding hydrogens is 373 g/mol. The monoisotopic (exact) mass is 395 g/mol. The molecule has 1 aliphatic rings. The number of nitrogens with zero attached hydrogens (tertiary/aromatic N) is 4. The molecule has 11 heteroatoms. The summed E-state index contributed by atoms with van der Waals surface area (Å²) in [5.41, 5.74) is 0.470. The molecule has 1 saturated heterocycles. The summed E-state index contributed by atoms with van der Waals surface area (Å²) in [4.78, 5) is 34.9. The van der Waals surface area contributed by atoms with Gasteiger partial charge in [-0.2, -0.15) is 0 Å². The molecule has 0 radical (unpaired) electrons. The molecule has 9 nitrogen and oxygen atoms in total. The van der Waals surface area contributed by atoms with Crippen LogP contribution in [0.1, 0.15) is 16.8 Å². The van der Waals surface area contributed by atoms with Crippen molar-refractivity contribution >= 4 is 36.5 Å². The van der Waals surface area contributed by atoms with E-state index in [0.29, 0.717) is 18.5 Å². The molecule has 1 fully saturated rings. The van der Waals surface area contributed by atoms with Crippen LogP contribution in [-0.2, 0) is 4.84 Å². The molecule has 1 aliphatic heterocycles. The van der Waals surface area contributed by atoms with Gasteiger partial charge in [-0.1, -0.05) is 0 Å². The van der Waals surface area contributed by atoms with Crippen molar-refractivity contribution in [2.75, 3.05) is 51.3 Å². The molecule has 25 heavy (non-hydrogen) atoms. The number of aromatic nitrogens is 1. The van der Waals surface area contributed by atoms with Crippen LogP contribution < -0.4 is 10.2 Å². The maximum absolute atomic E-state index is 11.9. The number of hydrogen-bond acceptors (Lipinski definition) is 7. The molecule has 0 atom stereocenters. The highest BCUT2D eigenvalue weighted by Gasteiger charge is 2.15. The van der Waals surface area contributed by atoms with Crippen LogP contribution in [0.2, 0.25) is 0 Å². The van der Waals surface area contributed by atoms with Gasteiger partial charge in [0, 0.05) is 38.9 Å². The van der Waals surface area contributed by atoms with E-state index in [9.17, 15) is 14.9 Å². The molecule has 142 valence electrons. The number of halogens is 2. The first kappa shape index (κ1) is 23.2. The lowest BCUT2D eigenvalue weighted by Gasteiger charge is -2.33. The highest BCUT2D eigenvalue weighted by molar-refractivity contribution is 5.94. The van der Waals surface area contributed by atoms with Crippen LogP contribution in [0, 0.1) is 10.1 Å². The first-order chi connectivity index (χ1) is 11.1. The van der Waals surface area contributed by atoms with Crippen LogP contribution in [0.4, 0.5) is 5.82 Å². The molecule has 1 amide bonds. The molecule has 2 rings (SSSR count). The highest BCUT2D eigenvalue weighted by Crippen LogP contribution is 2.13. The molecule has 0 aliphatic carbocycles. The number of carbonyl (C=O) groups is 1. The third-order valence-corrected chi connectivity index (χ3v) is 3.64. The SMILES string of the molecule is CN1CCN(c2ccc(C(=O)NCCCO[N+](=O)[O-])cn2)CC1.Cl.Cl. The zero-order valence-corrected chi connectivity index (χ0v) is 15.6. The van der Waals surface area contributed by atoms with Gasteiger partial charge in [-0.3, -0.25) is 4.79 Å². The lowest BCUT2D eigenvalue weighted by molar-refractivity contribution is -0.757. The Morgan fingerprint density at radius 1 is 1.32 bits per heavy atom. The molecule has 1 N–H and O–H groups in total. The van der Waals surface area contributed by atoms with Crippen LogP contribution in [0.3, 0.4) is 0 Å².